The van der Waals surface area contributed by atoms with Gasteiger partial charge in [-0.05, 0) is 68.0 Å². The molecule has 0 amide bonds. The molecule has 12 heteroatoms. The summed E-state index contributed by atoms with van der Waals surface area (Å²) in [6.45, 7) is 18.1. The highest BCUT2D eigenvalue weighted by Gasteiger charge is 2.51. The summed E-state index contributed by atoms with van der Waals surface area (Å²) in [6, 6.07) is -0.270. The van der Waals surface area contributed by atoms with E-state index in [9.17, 15) is 24.9 Å². The van der Waals surface area contributed by atoms with E-state index in [2.05, 4.69) is 0 Å². The average Bonchev–Trinajstić information content (AvgIpc) is 3.02. The zero-order valence-electron chi connectivity index (χ0n) is 32.3. The van der Waals surface area contributed by atoms with Crippen molar-refractivity contribution in [3.05, 3.63) is 0 Å². The van der Waals surface area contributed by atoms with Gasteiger partial charge in [0.25, 0.3) is 0 Å². The Morgan fingerprint density at radius 1 is 0.857 bits per heavy atom. The van der Waals surface area contributed by atoms with Gasteiger partial charge in [-0.2, -0.15) is 0 Å². The first-order valence-electron chi connectivity index (χ1n) is 18.3. The Morgan fingerprint density at radius 3 is 2.06 bits per heavy atom. The maximum absolute atomic E-state index is 14.0. The van der Waals surface area contributed by atoms with E-state index >= 15 is 0 Å². The summed E-state index contributed by atoms with van der Waals surface area (Å²) in [4.78, 5) is 29.7. The van der Waals surface area contributed by atoms with Crippen molar-refractivity contribution in [2.45, 2.75) is 174 Å². The normalized spacial score (nSPS) is 48.2. The Bertz CT molecular complexity index is 1090. The number of likely N-dealkylation sites (N-methyl/N-ethyl adjacent to an activating group) is 1. The van der Waals surface area contributed by atoms with Crippen molar-refractivity contribution in [3.63, 3.8) is 0 Å². The van der Waals surface area contributed by atoms with Gasteiger partial charge in [-0.25, -0.2) is 0 Å². The average molecular weight is 702 g/mol. The van der Waals surface area contributed by atoms with E-state index in [4.69, 9.17) is 28.4 Å². The number of cyclic esters (lactones) is 1. The number of aliphatic hydroxyl groups excluding tert-OH is 2. The first kappa shape index (κ1) is 42.2. The SMILES string of the molecule is CC[C@H]1OC(=O)[C@H](C)[C@@H](O[C@H]2C[C@@](C)(OC)C[C@H](C)O2)[C@H](C)[C@@H](O[C@@H]2O[C@H](C)C[C@H](N(C)C)[C@H]2O)[C@@](C)(O)C[C@@H](C)C(=O)[C@H](C)[C@@H](O)[C@H]1C. The molecule has 0 aromatic heterocycles. The Kier molecular flexibility index (Phi) is 14.7. The molecule has 49 heavy (non-hydrogen) atoms. The van der Waals surface area contributed by atoms with Crippen molar-refractivity contribution in [3.8, 4) is 0 Å². The molecule has 3 rings (SSSR count). The maximum Gasteiger partial charge on any atom is 0.311 e. The highest BCUT2D eigenvalue weighted by Crippen LogP contribution is 2.40. The fourth-order valence-electron chi connectivity index (χ4n) is 8.41. The maximum atomic E-state index is 14.0. The summed E-state index contributed by atoms with van der Waals surface area (Å²) in [6.07, 6.45) is -5.01. The predicted octanol–water partition coefficient (Wildman–Crippen LogP) is 3.70. The molecule has 12 nitrogen and oxygen atoms in total. The molecule has 17 atom stereocenters. The number of ketones is 1. The third kappa shape index (κ3) is 10.0. The van der Waals surface area contributed by atoms with E-state index in [1.807, 2.05) is 53.6 Å². The van der Waals surface area contributed by atoms with Crippen LogP contribution in [0.3, 0.4) is 0 Å². The lowest BCUT2D eigenvalue weighted by Gasteiger charge is -2.48. The van der Waals surface area contributed by atoms with E-state index in [0.29, 0.717) is 25.7 Å². The second-order valence-corrected chi connectivity index (χ2v) is 16.2. The zero-order chi connectivity index (χ0) is 37.2. The van der Waals surface area contributed by atoms with Gasteiger partial charge in [-0.15, -0.1) is 0 Å². The Balaban J connectivity index is 2.14. The lowest BCUT2D eigenvalue weighted by Crippen LogP contribution is -2.60. The van der Waals surface area contributed by atoms with E-state index in [1.165, 1.54) is 0 Å². The molecule has 0 aromatic rings. The Hall–Kier alpha value is -1.22. The second-order valence-electron chi connectivity index (χ2n) is 16.2. The number of hydrogen-bond donors (Lipinski definition) is 3. The molecule has 3 heterocycles. The quantitative estimate of drug-likeness (QED) is 0.332. The number of methoxy groups -OCH3 is 1. The van der Waals surface area contributed by atoms with E-state index < -0.39 is 89.9 Å². The molecule has 3 N–H and O–H groups in total. The van der Waals surface area contributed by atoms with Crippen LogP contribution in [0.15, 0.2) is 0 Å². The van der Waals surface area contributed by atoms with Crippen molar-refractivity contribution < 1.29 is 53.3 Å². The smallest absolute Gasteiger partial charge is 0.311 e. The van der Waals surface area contributed by atoms with Crippen LogP contribution in [0.5, 0.6) is 0 Å². The molecular weight excluding hydrogens is 634 g/mol. The largest absolute Gasteiger partial charge is 0.462 e. The highest BCUT2D eigenvalue weighted by molar-refractivity contribution is 5.83. The summed E-state index contributed by atoms with van der Waals surface area (Å²) in [5.41, 5.74) is -2.20. The van der Waals surface area contributed by atoms with Crippen LogP contribution in [0.1, 0.15) is 101 Å². The molecule has 0 spiro atoms. The fourth-order valence-corrected chi connectivity index (χ4v) is 8.41. The molecular formula is C37H67NO11. The molecule has 0 saturated carbocycles. The monoisotopic (exact) mass is 701 g/mol. The number of ether oxygens (including phenoxy) is 6. The van der Waals surface area contributed by atoms with Crippen molar-refractivity contribution in [1.29, 1.82) is 0 Å². The van der Waals surface area contributed by atoms with E-state index in [0.717, 1.165) is 0 Å². The van der Waals surface area contributed by atoms with Crippen molar-refractivity contribution in [2.75, 3.05) is 21.2 Å². The van der Waals surface area contributed by atoms with Crippen molar-refractivity contribution >= 4 is 11.8 Å². The third-order valence-corrected chi connectivity index (χ3v) is 11.5. The van der Waals surface area contributed by atoms with E-state index in [-0.39, 0.29) is 30.5 Å². The lowest BCUT2D eigenvalue weighted by molar-refractivity contribution is -0.310. The Morgan fingerprint density at radius 2 is 1.49 bits per heavy atom. The summed E-state index contributed by atoms with van der Waals surface area (Å²) < 4.78 is 37.7. The molecule has 0 unspecified atom stereocenters. The predicted molar refractivity (Wildman–Crippen MR) is 183 cm³/mol. The van der Waals surface area contributed by atoms with Gasteiger partial charge in [0, 0.05) is 49.7 Å². The van der Waals surface area contributed by atoms with Gasteiger partial charge in [-0.3, -0.25) is 9.59 Å². The summed E-state index contributed by atoms with van der Waals surface area (Å²) in [5, 5.41) is 35.2. The standard InChI is InChI=1S/C37H67NO11/c1-14-27-22(5)30(40)23(6)29(39)19(2)16-37(10,43)33(49-35-31(41)26(38(11)12)15-20(3)46-35)24(7)32(25(8)34(42)47-27)48-28-18-36(9,44-13)17-21(4)45-28/h19-28,30-33,35,40-41,43H,14-18H2,1-13H3/t19-,20-,21+,22+,23+,24+,25-,26+,27-,28+,30+,31-,32+,33-,35+,36+,37+/m1/s1. The highest BCUT2D eigenvalue weighted by atomic mass is 16.7. The van der Waals surface area contributed by atoms with E-state index in [1.54, 1.807) is 41.7 Å². The number of carbonyl (C=O) groups excluding carboxylic acids is 2. The third-order valence-electron chi connectivity index (χ3n) is 11.5. The lowest BCUT2D eigenvalue weighted by atomic mass is 9.74. The molecule has 0 bridgehead atoms. The molecule has 0 aromatic carbocycles. The number of Topliss-reactive ketones (excluding diaryl/α,β-unsaturated/α-hetero) is 1. The van der Waals surface area contributed by atoms with Gasteiger partial charge in [-0.1, -0.05) is 34.6 Å². The van der Waals surface area contributed by atoms with Crippen molar-refractivity contribution in [2.24, 2.45) is 29.6 Å². The summed E-state index contributed by atoms with van der Waals surface area (Å²) in [7, 11) is 5.42. The number of esters is 1. The minimum atomic E-state index is -1.68. The van der Waals surface area contributed by atoms with Crippen LogP contribution in [0.4, 0.5) is 0 Å². The molecule has 3 aliphatic rings. The molecule has 0 radical (unpaired) electrons. The minimum Gasteiger partial charge on any atom is -0.462 e. The van der Waals surface area contributed by atoms with Crippen LogP contribution in [0, 0.1) is 29.6 Å². The molecule has 3 fully saturated rings. The molecule has 0 aliphatic carbocycles. The number of hydrogen-bond acceptors (Lipinski definition) is 12. The van der Waals surface area contributed by atoms with Gasteiger partial charge >= 0.3 is 5.97 Å². The van der Waals surface area contributed by atoms with Crippen molar-refractivity contribution in [1.82, 2.24) is 4.90 Å². The van der Waals surface area contributed by atoms with Crippen LogP contribution >= 0.6 is 0 Å². The summed E-state index contributed by atoms with van der Waals surface area (Å²) in [5.74, 6) is -4.29. The van der Waals surface area contributed by atoms with Gasteiger partial charge in [0.15, 0.2) is 12.6 Å². The topological polar surface area (TPSA) is 153 Å². The van der Waals surface area contributed by atoms with Gasteiger partial charge < -0.3 is 48.6 Å². The summed E-state index contributed by atoms with van der Waals surface area (Å²) >= 11 is 0. The first-order valence-corrected chi connectivity index (χ1v) is 18.3. The molecule has 286 valence electrons. The molecule has 3 saturated heterocycles. The Labute approximate surface area is 294 Å². The minimum absolute atomic E-state index is 0.0107. The number of nitrogens with zero attached hydrogens (tertiary/aromatic N) is 1. The number of aliphatic hydroxyl groups is 3. The number of carbonyl (C=O) groups is 2. The molecule has 3 aliphatic heterocycles. The van der Waals surface area contributed by atoms with Crippen LogP contribution in [-0.2, 0) is 38.0 Å². The van der Waals surface area contributed by atoms with Gasteiger partial charge in [0.2, 0.25) is 0 Å². The van der Waals surface area contributed by atoms with Gasteiger partial charge in [0.05, 0.1) is 47.6 Å². The van der Waals surface area contributed by atoms with Crippen LogP contribution in [0.25, 0.3) is 0 Å². The van der Waals surface area contributed by atoms with Crippen LogP contribution < -0.4 is 0 Å². The van der Waals surface area contributed by atoms with Crippen LogP contribution in [0.2, 0.25) is 0 Å². The van der Waals surface area contributed by atoms with Gasteiger partial charge in [0.1, 0.15) is 18.0 Å². The van der Waals surface area contributed by atoms with Crippen LogP contribution in [-0.4, -0.2) is 126 Å². The first-order chi connectivity index (χ1) is 22.7. The fraction of sp³-hybridized carbons (Fsp3) is 0.946. The zero-order valence-corrected chi connectivity index (χ0v) is 32.3. The number of rotatable bonds is 7. The second kappa shape index (κ2) is 17.1.